The van der Waals surface area contributed by atoms with E-state index in [0.29, 0.717) is 6.54 Å². The molecule has 2 rings (SSSR count). The van der Waals surface area contributed by atoms with E-state index >= 15 is 0 Å². The quantitative estimate of drug-likeness (QED) is 0.366. The van der Waals surface area contributed by atoms with Crippen LogP contribution >= 0.6 is 0 Å². The molecule has 2 aromatic rings. The molecule has 19 heavy (non-hydrogen) atoms. The van der Waals surface area contributed by atoms with Crippen molar-refractivity contribution >= 4 is 11.6 Å². The van der Waals surface area contributed by atoms with Gasteiger partial charge >= 0.3 is 0 Å². The second-order valence-electron chi connectivity index (χ2n) is 4.14. The van der Waals surface area contributed by atoms with Gasteiger partial charge in [-0.25, -0.2) is 4.98 Å². The number of hydrogen-bond acceptors (Lipinski definition) is 4. The van der Waals surface area contributed by atoms with Gasteiger partial charge in [-0.15, -0.1) is 0 Å². The Kier molecular flexibility index (Phi) is 4.02. The van der Waals surface area contributed by atoms with Gasteiger partial charge in [0, 0.05) is 25.4 Å². The second-order valence-corrected chi connectivity index (χ2v) is 4.14. The molecule has 0 aliphatic rings. The molecule has 0 saturated heterocycles. The maximum Gasteiger partial charge on any atom is 0.255 e. The minimum atomic E-state index is -0.329. The summed E-state index contributed by atoms with van der Waals surface area (Å²) in [4.78, 5) is 18.9. The molecule has 6 nitrogen and oxygen atoms in total. The van der Waals surface area contributed by atoms with Crippen LogP contribution < -0.4 is 11.1 Å². The molecule has 1 aromatic heterocycles. The van der Waals surface area contributed by atoms with Crippen molar-refractivity contribution in [2.24, 2.45) is 0 Å². The average molecular weight is 260 g/mol. The standard InChI is InChI=1S/C13H16N4O2/c14-10-4-1-3-9(12(10)18)13(19)17-6-2-5-11-15-7-8-16-11/h1,3-4,7-8,18H,2,5-6,14H2,(H,15,16)(H,17,19). The number of phenolic OH excluding ortho intramolecular Hbond substituents is 1. The molecular weight excluding hydrogens is 244 g/mol. The topological polar surface area (TPSA) is 104 Å². The normalized spacial score (nSPS) is 10.3. The summed E-state index contributed by atoms with van der Waals surface area (Å²) in [6.07, 6.45) is 4.98. The first kappa shape index (κ1) is 12.9. The number of hydrogen-bond donors (Lipinski definition) is 4. The van der Waals surface area contributed by atoms with Gasteiger partial charge in [0.1, 0.15) is 5.82 Å². The summed E-state index contributed by atoms with van der Waals surface area (Å²) < 4.78 is 0. The summed E-state index contributed by atoms with van der Waals surface area (Å²) in [6, 6.07) is 4.71. The van der Waals surface area contributed by atoms with Gasteiger partial charge in [-0.1, -0.05) is 6.07 Å². The molecule has 0 unspecified atom stereocenters. The van der Waals surface area contributed by atoms with Gasteiger partial charge in [-0.2, -0.15) is 0 Å². The van der Waals surface area contributed by atoms with Crippen molar-refractivity contribution in [2.75, 3.05) is 12.3 Å². The molecule has 0 aliphatic heterocycles. The molecule has 0 radical (unpaired) electrons. The molecule has 1 heterocycles. The summed E-state index contributed by atoms with van der Waals surface area (Å²) in [5.41, 5.74) is 5.93. The Morgan fingerprint density at radius 1 is 1.47 bits per heavy atom. The van der Waals surface area contributed by atoms with E-state index in [-0.39, 0.29) is 22.9 Å². The fourth-order valence-corrected chi connectivity index (χ4v) is 1.73. The maximum atomic E-state index is 11.8. The van der Waals surface area contributed by atoms with Gasteiger partial charge < -0.3 is 21.1 Å². The summed E-state index contributed by atoms with van der Waals surface area (Å²) in [6.45, 7) is 0.508. The molecule has 1 amide bonds. The number of aromatic hydroxyl groups is 1. The number of imidazole rings is 1. The highest BCUT2D eigenvalue weighted by Crippen LogP contribution is 2.23. The van der Waals surface area contributed by atoms with E-state index < -0.39 is 0 Å². The van der Waals surface area contributed by atoms with Gasteiger partial charge in [-0.3, -0.25) is 4.79 Å². The molecule has 1 aromatic carbocycles. The number of phenols is 1. The largest absolute Gasteiger partial charge is 0.505 e. The first-order valence-electron chi connectivity index (χ1n) is 6.02. The predicted molar refractivity (Wildman–Crippen MR) is 71.8 cm³/mol. The number of nitrogens with two attached hydrogens (primary N) is 1. The zero-order valence-electron chi connectivity index (χ0n) is 10.4. The average Bonchev–Trinajstić information content (AvgIpc) is 2.91. The number of nitrogens with zero attached hydrogens (tertiary/aromatic N) is 1. The number of para-hydroxylation sites is 1. The number of rotatable bonds is 5. The van der Waals surface area contributed by atoms with Crippen LogP contribution in [0.5, 0.6) is 5.75 Å². The van der Waals surface area contributed by atoms with Crippen molar-refractivity contribution in [1.82, 2.24) is 15.3 Å². The van der Waals surface area contributed by atoms with E-state index in [1.165, 1.54) is 6.07 Å². The molecule has 0 saturated carbocycles. The third-order valence-corrected chi connectivity index (χ3v) is 2.74. The second kappa shape index (κ2) is 5.90. The van der Waals surface area contributed by atoms with Gasteiger partial charge in [-0.05, 0) is 18.6 Å². The van der Waals surface area contributed by atoms with E-state index in [0.717, 1.165) is 18.7 Å². The lowest BCUT2D eigenvalue weighted by atomic mass is 10.1. The Labute approximate surface area is 110 Å². The number of aromatic nitrogens is 2. The lowest BCUT2D eigenvalue weighted by molar-refractivity contribution is 0.0950. The first-order valence-corrected chi connectivity index (χ1v) is 6.02. The monoisotopic (exact) mass is 260 g/mol. The first-order chi connectivity index (χ1) is 9.18. The van der Waals surface area contributed by atoms with Crippen LogP contribution in [-0.4, -0.2) is 27.5 Å². The van der Waals surface area contributed by atoms with Crippen molar-refractivity contribution in [3.05, 3.63) is 42.0 Å². The van der Waals surface area contributed by atoms with Crippen LogP contribution in [0.1, 0.15) is 22.6 Å². The van der Waals surface area contributed by atoms with Crippen molar-refractivity contribution in [2.45, 2.75) is 12.8 Å². The Morgan fingerprint density at radius 3 is 3.05 bits per heavy atom. The minimum Gasteiger partial charge on any atom is -0.505 e. The molecule has 0 bridgehead atoms. The number of aromatic amines is 1. The highest BCUT2D eigenvalue weighted by atomic mass is 16.3. The molecule has 6 heteroatoms. The summed E-state index contributed by atoms with van der Waals surface area (Å²) >= 11 is 0. The van der Waals surface area contributed by atoms with E-state index in [4.69, 9.17) is 5.73 Å². The lowest BCUT2D eigenvalue weighted by Crippen LogP contribution is -2.25. The lowest BCUT2D eigenvalue weighted by Gasteiger charge is -2.07. The van der Waals surface area contributed by atoms with Crippen LogP contribution in [0.15, 0.2) is 30.6 Å². The van der Waals surface area contributed by atoms with Crippen LogP contribution in [0.2, 0.25) is 0 Å². The van der Waals surface area contributed by atoms with Crippen molar-refractivity contribution in [1.29, 1.82) is 0 Å². The Bertz CT molecular complexity index is 552. The van der Waals surface area contributed by atoms with Crippen LogP contribution in [0.4, 0.5) is 5.69 Å². The summed E-state index contributed by atoms with van der Waals surface area (Å²) in [5, 5.41) is 12.4. The number of aryl methyl sites for hydroxylation is 1. The van der Waals surface area contributed by atoms with E-state index in [9.17, 15) is 9.90 Å². The number of carbonyl (C=O) groups is 1. The molecule has 0 fully saturated rings. The van der Waals surface area contributed by atoms with Gasteiger partial charge in [0.2, 0.25) is 0 Å². The zero-order valence-corrected chi connectivity index (χ0v) is 10.4. The Morgan fingerprint density at radius 2 is 2.32 bits per heavy atom. The van der Waals surface area contributed by atoms with Crippen LogP contribution in [-0.2, 0) is 6.42 Å². The Balaban J connectivity index is 1.83. The molecule has 5 N–H and O–H groups in total. The Hall–Kier alpha value is -2.50. The maximum absolute atomic E-state index is 11.8. The number of nitrogens with one attached hydrogen (secondary N) is 2. The number of amides is 1. The number of anilines is 1. The third-order valence-electron chi connectivity index (χ3n) is 2.74. The fraction of sp³-hybridized carbons (Fsp3) is 0.231. The summed E-state index contributed by atoms with van der Waals surface area (Å²) in [5.74, 6) is 0.385. The molecule has 0 aliphatic carbocycles. The highest BCUT2D eigenvalue weighted by molar-refractivity contribution is 5.98. The van der Waals surface area contributed by atoms with Crippen LogP contribution in [0.25, 0.3) is 0 Å². The molecule has 0 spiro atoms. The van der Waals surface area contributed by atoms with Crippen LogP contribution in [0.3, 0.4) is 0 Å². The van der Waals surface area contributed by atoms with Gasteiger partial charge in [0.05, 0.1) is 11.3 Å². The SMILES string of the molecule is Nc1cccc(C(=O)NCCCc2ncc[nH]2)c1O. The molecular formula is C13H16N4O2. The third kappa shape index (κ3) is 3.25. The van der Waals surface area contributed by atoms with E-state index in [1.54, 1.807) is 24.5 Å². The fourth-order valence-electron chi connectivity index (χ4n) is 1.73. The zero-order chi connectivity index (χ0) is 13.7. The van der Waals surface area contributed by atoms with Gasteiger partial charge in [0.25, 0.3) is 5.91 Å². The number of carbonyl (C=O) groups excluding carboxylic acids is 1. The predicted octanol–water partition coefficient (Wildman–Crippen LogP) is 1.06. The number of benzene rings is 1. The van der Waals surface area contributed by atoms with Crippen molar-refractivity contribution < 1.29 is 9.90 Å². The highest BCUT2D eigenvalue weighted by Gasteiger charge is 2.12. The minimum absolute atomic E-state index is 0.175. The smallest absolute Gasteiger partial charge is 0.255 e. The molecule has 0 atom stereocenters. The number of H-pyrrole nitrogens is 1. The number of nitrogen functional groups attached to an aromatic ring is 1. The van der Waals surface area contributed by atoms with Crippen molar-refractivity contribution in [3.8, 4) is 5.75 Å². The van der Waals surface area contributed by atoms with E-state index in [2.05, 4.69) is 15.3 Å². The van der Waals surface area contributed by atoms with Gasteiger partial charge in [0.15, 0.2) is 5.75 Å². The molecule has 100 valence electrons. The van der Waals surface area contributed by atoms with Crippen molar-refractivity contribution in [3.63, 3.8) is 0 Å². The summed E-state index contributed by atoms with van der Waals surface area (Å²) in [7, 11) is 0. The van der Waals surface area contributed by atoms with Crippen LogP contribution in [0, 0.1) is 0 Å². The van der Waals surface area contributed by atoms with E-state index in [1.807, 2.05) is 0 Å².